The minimum atomic E-state index is -0.107. The third kappa shape index (κ3) is 4.24. The van der Waals surface area contributed by atoms with Gasteiger partial charge in [0, 0.05) is 19.0 Å². The molecule has 0 unspecified atom stereocenters. The minimum absolute atomic E-state index is 0.0504. The first-order chi connectivity index (χ1) is 13.9. The van der Waals surface area contributed by atoms with Gasteiger partial charge < -0.3 is 5.32 Å². The molecule has 3 amide bonds. The van der Waals surface area contributed by atoms with Crippen molar-refractivity contribution in [1.82, 2.24) is 10.2 Å². The van der Waals surface area contributed by atoms with Gasteiger partial charge in [0.15, 0.2) is 0 Å². The maximum absolute atomic E-state index is 12.8. The van der Waals surface area contributed by atoms with Gasteiger partial charge in [-0.3, -0.25) is 19.3 Å². The lowest BCUT2D eigenvalue weighted by Crippen LogP contribution is -2.42. The third-order valence-electron chi connectivity index (χ3n) is 7.18. The smallest absolute Gasteiger partial charge is 0.261 e. The molecule has 1 aromatic carbocycles. The highest BCUT2D eigenvalue weighted by molar-refractivity contribution is 6.21. The topological polar surface area (TPSA) is 66.5 Å². The van der Waals surface area contributed by atoms with Gasteiger partial charge in [-0.15, -0.1) is 0 Å². The summed E-state index contributed by atoms with van der Waals surface area (Å²) in [6, 6.07) is 5.96. The van der Waals surface area contributed by atoms with Crippen LogP contribution in [0.3, 0.4) is 0 Å². The molecule has 5 nitrogen and oxygen atoms in total. The molecule has 2 saturated carbocycles. The summed E-state index contributed by atoms with van der Waals surface area (Å²) >= 11 is 0. The highest BCUT2D eigenvalue weighted by atomic mass is 16.2. The summed E-state index contributed by atoms with van der Waals surface area (Å²) in [6.45, 7) is 3.55. The van der Waals surface area contributed by atoms with E-state index in [1.54, 1.807) is 17.9 Å². The Bertz CT molecular complexity index is 802. The van der Waals surface area contributed by atoms with E-state index >= 15 is 0 Å². The molecule has 1 aliphatic heterocycles. The molecule has 29 heavy (non-hydrogen) atoms. The van der Waals surface area contributed by atoms with Gasteiger partial charge in [0.2, 0.25) is 5.91 Å². The number of nitrogens with zero attached hydrogens (tertiary/aromatic N) is 1. The Morgan fingerprint density at radius 2 is 1.52 bits per heavy atom. The zero-order valence-corrected chi connectivity index (χ0v) is 17.6. The van der Waals surface area contributed by atoms with Crippen molar-refractivity contribution in [1.29, 1.82) is 0 Å². The summed E-state index contributed by atoms with van der Waals surface area (Å²) in [5.41, 5.74) is 2.16. The Balaban J connectivity index is 1.28. The van der Waals surface area contributed by atoms with Gasteiger partial charge in [-0.2, -0.15) is 0 Å². The van der Waals surface area contributed by atoms with Gasteiger partial charge in [-0.1, -0.05) is 11.6 Å². The molecule has 1 heterocycles. The quantitative estimate of drug-likeness (QED) is 0.775. The monoisotopic (exact) mass is 396 g/mol. The maximum atomic E-state index is 12.8. The number of fused-ring (bicyclic) bond motifs is 1. The summed E-state index contributed by atoms with van der Waals surface area (Å²) in [5, 5.41) is 3.05. The van der Waals surface area contributed by atoms with E-state index in [0.29, 0.717) is 23.1 Å². The van der Waals surface area contributed by atoms with Crippen molar-refractivity contribution in [3.63, 3.8) is 0 Å². The number of aryl methyl sites for hydroxylation is 1. The molecule has 4 rings (SSSR count). The average Bonchev–Trinajstić information content (AvgIpc) is 2.94. The Kier molecular flexibility index (Phi) is 5.75. The predicted molar refractivity (Wildman–Crippen MR) is 112 cm³/mol. The SMILES string of the molecule is CC(=O)NC1CCC(CC2CCC(N3C(=O)c4ccc(C)cc4C3=O)CC2)CC1. The maximum Gasteiger partial charge on any atom is 0.261 e. The third-order valence-corrected chi connectivity index (χ3v) is 7.18. The standard InChI is InChI=1S/C24H32N2O3/c1-15-3-12-21-22(13-15)24(29)26(23(21)28)20-10-6-18(7-11-20)14-17-4-8-19(9-5-17)25-16(2)27/h3,12-13,17-20H,4-11,14H2,1-2H3,(H,25,27). The normalized spacial score (nSPS) is 29.7. The van der Waals surface area contributed by atoms with E-state index in [0.717, 1.165) is 50.0 Å². The fourth-order valence-corrected chi connectivity index (χ4v) is 5.65. The van der Waals surface area contributed by atoms with Gasteiger partial charge in [-0.05, 0) is 88.7 Å². The number of amides is 3. The number of imide groups is 1. The Labute approximate surface area is 173 Å². The molecule has 0 aromatic heterocycles. The van der Waals surface area contributed by atoms with Crippen molar-refractivity contribution in [2.45, 2.75) is 83.7 Å². The Morgan fingerprint density at radius 3 is 2.14 bits per heavy atom. The van der Waals surface area contributed by atoms with Crippen molar-refractivity contribution < 1.29 is 14.4 Å². The van der Waals surface area contributed by atoms with Crippen LogP contribution in [0.1, 0.15) is 91.0 Å². The number of carbonyl (C=O) groups is 3. The molecule has 3 aliphatic rings. The second-order valence-electron chi connectivity index (χ2n) is 9.36. The number of carbonyl (C=O) groups excluding carboxylic acids is 3. The Morgan fingerprint density at radius 1 is 0.931 bits per heavy atom. The number of rotatable bonds is 4. The molecule has 0 radical (unpaired) electrons. The molecular formula is C24H32N2O3. The van der Waals surface area contributed by atoms with Crippen molar-refractivity contribution in [2.24, 2.45) is 11.8 Å². The van der Waals surface area contributed by atoms with Crippen LogP contribution in [0.5, 0.6) is 0 Å². The van der Waals surface area contributed by atoms with Crippen molar-refractivity contribution >= 4 is 17.7 Å². The van der Waals surface area contributed by atoms with E-state index in [1.807, 2.05) is 19.1 Å². The zero-order valence-electron chi connectivity index (χ0n) is 17.6. The van der Waals surface area contributed by atoms with Crippen LogP contribution in [-0.4, -0.2) is 34.7 Å². The van der Waals surface area contributed by atoms with Crippen molar-refractivity contribution in [3.05, 3.63) is 34.9 Å². The summed E-state index contributed by atoms with van der Waals surface area (Å²) in [5.74, 6) is 1.32. The van der Waals surface area contributed by atoms with E-state index in [1.165, 1.54) is 19.3 Å². The van der Waals surface area contributed by atoms with E-state index in [9.17, 15) is 14.4 Å². The summed E-state index contributed by atoms with van der Waals surface area (Å²) in [6.07, 6.45) is 9.88. The highest BCUT2D eigenvalue weighted by Crippen LogP contribution is 2.38. The number of benzene rings is 1. The van der Waals surface area contributed by atoms with E-state index < -0.39 is 0 Å². The van der Waals surface area contributed by atoms with E-state index in [2.05, 4.69) is 5.32 Å². The number of hydrogen-bond donors (Lipinski definition) is 1. The number of nitrogens with one attached hydrogen (secondary N) is 1. The lowest BCUT2D eigenvalue weighted by Gasteiger charge is -2.36. The van der Waals surface area contributed by atoms with Crippen molar-refractivity contribution in [2.75, 3.05) is 0 Å². The molecule has 0 bridgehead atoms. The molecule has 2 fully saturated rings. The number of hydrogen-bond acceptors (Lipinski definition) is 3. The summed E-state index contributed by atoms with van der Waals surface area (Å²) in [4.78, 5) is 38.4. The fraction of sp³-hybridized carbons (Fsp3) is 0.625. The first kappa shape index (κ1) is 20.1. The van der Waals surface area contributed by atoms with Crippen LogP contribution in [0.15, 0.2) is 18.2 Å². The first-order valence-electron chi connectivity index (χ1n) is 11.2. The molecule has 156 valence electrons. The second-order valence-corrected chi connectivity index (χ2v) is 9.36. The van der Waals surface area contributed by atoms with Gasteiger partial charge in [0.1, 0.15) is 0 Å². The fourth-order valence-electron chi connectivity index (χ4n) is 5.65. The van der Waals surface area contributed by atoms with Crippen LogP contribution >= 0.6 is 0 Å². The van der Waals surface area contributed by atoms with Crippen LogP contribution in [-0.2, 0) is 4.79 Å². The molecule has 1 N–H and O–H groups in total. The molecule has 0 atom stereocenters. The van der Waals surface area contributed by atoms with Crippen LogP contribution < -0.4 is 5.32 Å². The highest BCUT2D eigenvalue weighted by Gasteiger charge is 2.41. The van der Waals surface area contributed by atoms with Crippen LogP contribution in [0.4, 0.5) is 0 Å². The predicted octanol–water partition coefficient (Wildman–Crippen LogP) is 4.23. The molecule has 2 aliphatic carbocycles. The minimum Gasteiger partial charge on any atom is -0.354 e. The summed E-state index contributed by atoms with van der Waals surface area (Å²) < 4.78 is 0. The average molecular weight is 397 g/mol. The lowest BCUT2D eigenvalue weighted by atomic mass is 9.75. The zero-order chi connectivity index (χ0) is 20.5. The van der Waals surface area contributed by atoms with Crippen LogP contribution in [0, 0.1) is 18.8 Å². The lowest BCUT2D eigenvalue weighted by molar-refractivity contribution is -0.119. The van der Waals surface area contributed by atoms with Crippen molar-refractivity contribution in [3.8, 4) is 0 Å². The van der Waals surface area contributed by atoms with E-state index in [-0.39, 0.29) is 23.8 Å². The van der Waals surface area contributed by atoms with Gasteiger partial charge in [-0.25, -0.2) is 0 Å². The second kappa shape index (κ2) is 8.29. The van der Waals surface area contributed by atoms with Gasteiger partial charge >= 0.3 is 0 Å². The molecule has 5 heteroatoms. The molecule has 0 saturated heterocycles. The van der Waals surface area contributed by atoms with Crippen LogP contribution in [0.2, 0.25) is 0 Å². The first-order valence-corrected chi connectivity index (χ1v) is 11.2. The Hall–Kier alpha value is -2.17. The van der Waals surface area contributed by atoms with Gasteiger partial charge in [0.25, 0.3) is 11.8 Å². The molecule has 0 spiro atoms. The molecule has 1 aromatic rings. The van der Waals surface area contributed by atoms with Crippen LogP contribution in [0.25, 0.3) is 0 Å². The molecular weight excluding hydrogens is 364 g/mol. The van der Waals surface area contributed by atoms with Gasteiger partial charge in [0.05, 0.1) is 11.1 Å². The van der Waals surface area contributed by atoms with E-state index in [4.69, 9.17) is 0 Å². The largest absolute Gasteiger partial charge is 0.354 e. The summed E-state index contributed by atoms with van der Waals surface area (Å²) in [7, 11) is 0.